The van der Waals surface area contributed by atoms with Crippen LogP contribution >= 0.6 is 11.3 Å². The molecule has 0 aromatic carbocycles. The number of thiazole rings is 1. The van der Waals surface area contributed by atoms with Gasteiger partial charge in [0.25, 0.3) is 0 Å². The Hall–Kier alpha value is -1.69. The Bertz CT molecular complexity index is 691. The van der Waals surface area contributed by atoms with Crippen LogP contribution in [0.15, 0.2) is 18.0 Å². The van der Waals surface area contributed by atoms with Gasteiger partial charge in [-0.25, -0.2) is 4.98 Å². The second-order valence-corrected chi connectivity index (χ2v) is 9.61. The van der Waals surface area contributed by atoms with Gasteiger partial charge in [0.15, 0.2) is 0 Å². The van der Waals surface area contributed by atoms with E-state index in [1.165, 1.54) is 16.8 Å². The maximum atomic E-state index is 12.9. The smallest absolute Gasteiger partial charge is 0.245 e. The Kier molecular flexibility index (Phi) is 6.04. The van der Waals surface area contributed by atoms with Crippen LogP contribution in [0.3, 0.4) is 0 Å². The SMILES string of the molecule is C=CC(=O)N1CCC(C(=O)N2CCC(c3nc(C(C)(C)C)cs3)CC2)CC1. The van der Waals surface area contributed by atoms with Crippen molar-refractivity contribution in [1.82, 2.24) is 14.8 Å². The molecule has 2 fully saturated rings. The standard InChI is InChI=1S/C21H31N3O2S/c1-5-18(25)23-10-8-16(9-11-23)20(26)24-12-6-15(7-13-24)19-22-17(14-27-19)21(2,3)4/h5,14-16H,1,6-13H2,2-4H3. The Morgan fingerprint density at radius 1 is 1.11 bits per heavy atom. The molecule has 2 saturated heterocycles. The summed E-state index contributed by atoms with van der Waals surface area (Å²) in [6.07, 6.45) is 4.88. The van der Waals surface area contributed by atoms with Crippen LogP contribution in [0.4, 0.5) is 0 Å². The summed E-state index contributed by atoms with van der Waals surface area (Å²) in [5.74, 6) is 0.776. The molecule has 1 aromatic heterocycles. The van der Waals surface area contributed by atoms with Crippen molar-refractivity contribution in [3.8, 4) is 0 Å². The van der Waals surface area contributed by atoms with Crippen molar-refractivity contribution in [3.05, 3.63) is 28.7 Å². The van der Waals surface area contributed by atoms with E-state index in [-0.39, 0.29) is 23.1 Å². The first-order valence-electron chi connectivity index (χ1n) is 9.95. The van der Waals surface area contributed by atoms with Gasteiger partial charge in [-0.2, -0.15) is 0 Å². The molecule has 148 valence electrons. The van der Waals surface area contributed by atoms with Crippen molar-refractivity contribution >= 4 is 23.2 Å². The van der Waals surface area contributed by atoms with Crippen LogP contribution in [-0.4, -0.2) is 52.8 Å². The molecule has 5 nitrogen and oxygen atoms in total. The molecular formula is C21H31N3O2S. The molecule has 0 aliphatic carbocycles. The van der Waals surface area contributed by atoms with E-state index in [9.17, 15) is 9.59 Å². The number of hydrogen-bond acceptors (Lipinski definition) is 4. The Balaban J connectivity index is 1.50. The van der Waals surface area contributed by atoms with Gasteiger partial charge in [-0.15, -0.1) is 11.3 Å². The zero-order chi connectivity index (χ0) is 19.6. The number of likely N-dealkylation sites (tertiary alicyclic amines) is 2. The minimum atomic E-state index is -0.0280. The van der Waals surface area contributed by atoms with Crippen molar-refractivity contribution in [2.45, 2.75) is 57.8 Å². The number of rotatable bonds is 3. The zero-order valence-electron chi connectivity index (χ0n) is 16.7. The number of carbonyl (C=O) groups excluding carboxylic acids is 2. The Labute approximate surface area is 166 Å². The first-order chi connectivity index (χ1) is 12.8. The normalized spacial score (nSPS) is 20.0. The highest BCUT2D eigenvalue weighted by Gasteiger charge is 2.32. The zero-order valence-corrected chi connectivity index (χ0v) is 17.6. The predicted molar refractivity (Wildman–Crippen MR) is 109 cm³/mol. The molecule has 0 saturated carbocycles. The molecule has 2 aliphatic heterocycles. The van der Waals surface area contributed by atoms with Crippen molar-refractivity contribution < 1.29 is 9.59 Å². The molecule has 0 N–H and O–H groups in total. The van der Waals surface area contributed by atoms with E-state index >= 15 is 0 Å². The quantitative estimate of drug-likeness (QED) is 0.743. The van der Waals surface area contributed by atoms with Gasteiger partial charge in [0.05, 0.1) is 10.7 Å². The van der Waals surface area contributed by atoms with Crippen LogP contribution in [0.2, 0.25) is 0 Å². The first kappa shape index (κ1) is 20.1. The van der Waals surface area contributed by atoms with E-state index in [0.717, 1.165) is 38.8 Å². The summed E-state index contributed by atoms with van der Waals surface area (Å²) in [6, 6.07) is 0. The summed E-state index contributed by atoms with van der Waals surface area (Å²) in [5, 5.41) is 3.41. The van der Waals surface area contributed by atoms with E-state index < -0.39 is 0 Å². The molecule has 1 aromatic rings. The number of nitrogens with zero attached hydrogens (tertiary/aromatic N) is 3. The fourth-order valence-corrected chi connectivity index (χ4v) is 5.12. The second kappa shape index (κ2) is 8.13. The minimum Gasteiger partial charge on any atom is -0.342 e. The van der Waals surface area contributed by atoms with Crippen molar-refractivity contribution in [1.29, 1.82) is 0 Å². The van der Waals surface area contributed by atoms with Crippen LogP contribution in [0.1, 0.15) is 63.1 Å². The molecule has 0 atom stereocenters. The molecule has 0 unspecified atom stereocenters. The monoisotopic (exact) mass is 389 g/mol. The minimum absolute atomic E-state index is 0.0280. The molecule has 3 heterocycles. The van der Waals surface area contributed by atoms with Crippen LogP contribution in [0, 0.1) is 5.92 Å². The van der Waals surface area contributed by atoms with Gasteiger partial charge in [-0.1, -0.05) is 27.4 Å². The summed E-state index contributed by atoms with van der Waals surface area (Å²) >= 11 is 1.77. The van der Waals surface area contributed by atoms with Crippen molar-refractivity contribution in [3.63, 3.8) is 0 Å². The van der Waals surface area contributed by atoms with Crippen LogP contribution in [-0.2, 0) is 15.0 Å². The summed E-state index contributed by atoms with van der Waals surface area (Å²) in [6.45, 7) is 13.1. The highest BCUT2D eigenvalue weighted by molar-refractivity contribution is 7.09. The molecule has 3 rings (SSSR count). The number of hydrogen-bond donors (Lipinski definition) is 0. The molecule has 0 radical (unpaired) electrons. The maximum absolute atomic E-state index is 12.9. The average molecular weight is 390 g/mol. The Morgan fingerprint density at radius 2 is 1.70 bits per heavy atom. The third-order valence-electron chi connectivity index (χ3n) is 5.78. The molecule has 2 aliphatic rings. The lowest BCUT2D eigenvalue weighted by atomic mass is 9.91. The van der Waals surface area contributed by atoms with Gasteiger partial charge in [0.2, 0.25) is 11.8 Å². The van der Waals surface area contributed by atoms with E-state index in [0.29, 0.717) is 19.0 Å². The van der Waals surface area contributed by atoms with Gasteiger partial charge < -0.3 is 9.80 Å². The highest BCUT2D eigenvalue weighted by Crippen LogP contribution is 2.34. The van der Waals surface area contributed by atoms with Gasteiger partial charge >= 0.3 is 0 Å². The molecular weight excluding hydrogens is 358 g/mol. The van der Waals surface area contributed by atoms with Crippen LogP contribution in [0.5, 0.6) is 0 Å². The average Bonchev–Trinajstić information content (AvgIpc) is 3.18. The summed E-state index contributed by atoms with van der Waals surface area (Å²) in [4.78, 5) is 33.2. The van der Waals surface area contributed by atoms with E-state index in [1.54, 1.807) is 16.2 Å². The van der Waals surface area contributed by atoms with E-state index in [2.05, 4.69) is 32.7 Å². The molecule has 27 heavy (non-hydrogen) atoms. The maximum Gasteiger partial charge on any atom is 0.245 e. The predicted octanol–water partition coefficient (Wildman–Crippen LogP) is 3.57. The number of carbonyl (C=O) groups is 2. The van der Waals surface area contributed by atoms with E-state index in [1.807, 2.05) is 4.90 Å². The highest BCUT2D eigenvalue weighted by atomic mass is 32.1. The molecule has 2 amide bonds. The fraction of sp³-hybridized carbons (Fsp3) is 0.667. The molecule has 0 bridgehead atoms. The largest absolute Gasteiger partial charge is 0.342 e. The first-order valence-corrected chi connectivity index (χ1v) is 10.8. The van der Waals surface area contributed by atoms with Gasteiger partial charge in [0, 0.05) is 48.8 Å². The topological polar surface area (TPSA) is 53.5 Å². The summed E-state index contributed by atoms with van der Waals surface area (Å²) in [7, 11) is 0. The van der Waals surface area contributed by atoms with Gasteiger partial charge in [-0.05, 0) is 31.8 Å². The third kappa shape index (κ3) is 4.60. The van der Waals surface area contributed by atoms with Gasteiger partial charge in [-0.3, -0.25) is 9.59 Å². The fourth-order valence-electron chi connectivity index (χ4n) is 3.90. The van der Waals surface area contributed by atoms with Gasteiger partial charge in [0.1, 0.15) is 0 Å². The lowest BCUT2D eigenvalue weighted by molar-refractivity contribution is -0.140. The van der Waals surface area contributed by atoms with Crippen molar-refractivity contribution in [2.75, 3.05) is 26.2 Å². The molecule has 0 spiro atoms. The number of amides is 2. The molecule has 6 heteroatoms. The van der Waals surface area contributed by atoms with Crippen molar-refractivity contribution in [2.24, 2.45) is 5.92 Å². The summed E-state index contributed by atoms with van der Waals surface area (Å²) in [5.41, 5.74) is 1.26. The number of piperidine rings is 2. The second-order valence-electron chi connectivity index (χ2n) is 8.72. The lowest BCUT2D eigenvalue weighted by Crippen LogP contribution is -2.46. The Morgan fingerprint density at radius 3 is 2.22 bits per heavy atom. The van der Waals surface area contributed by atoms with E-state index in [4.69, 9.17) is 4.98 Å². The third-order valence-corrected chi connectivity index (χ3v) is 6.78. The van der Waals surface area contributed by atoms with Crippen LogP contribution < -0.4 is 0 Å². The summed E-state index contributed by atoms with van der Waals surface area (Å²) < 4.78 is 0. The lowest BCUT2D eigenvalue weighted by Gasteiger charge is -2.36. The number of aromatic nitrogens is 1. The van der Waals surface area contributed by atoms with Crippen LogP contribution in [0.25, 0.3) is 0 Å².